The molecule has 0 bridgehead atoms. The van der Waals surface area contributed by atoms with Crippen LogP contribution >= 0.6 is 0 Å². The van der Waals surface area contributed by atoms with E-state index in [2.05, 4.69) is 5.32 Å². The third-order valence-electron chi connectivity index (χ3n) is 6.05. The van der Waals surface area contributed by atoms with Gasteiger partial charge < -0.3 is 19.9 Å². The molecule has 28 heavy (non-hydrogen) atoms. The van der Waals surface area contributed by atoms with Gasteiger partial charge in [-0.1, -0.05) is 12.1 Å². The van der Waals surface area contributed by atoms with Crippen LogP contribution in [0.1, 0.15) is 48.9 Å². The summed E-state index contributed by atoms with van der Waals surface area (Å²) >= 11 is 0. The zero-order valence-electron chi connectivity index (χ0n) is 16.1. The Kier molecular flexibility index (Phi) is 5.24. The first-order valence-electron chi connectivity index (χ1n) is 10.2. The Bertz CT molecular complexity index is 775. The number of amides is 3. The second-order valence-electron chi connectivity index (χ2n) is 7.97. The summed E-state index contributed by atoms with van der Waals surface area (Å²) in [5.74, 6) is 0.419. The van der Waals surface area contributed by atoms with Crippen molar-refractivity contribution in [1.29, 1.82) is 0 Å². The maximum atomic E-state index is 12.7. The van der Waals surface area contributed by atoms with Gasteiger partial charge in [0.2, 0.25) is 11.8 Å². The summed E-state index contributed by atoms with van der Waals surface area (Å²) in [4.78, 5) is 41.1. The first-order chi connectivity index (χ1) is 13.6. The van der Waals surface area contributed by atoms with Crippen molar-refractivity contribution in [2.75, 3.05) is 32.7 Å². The molecule has 1 N–H and O–H groups in total. The van der Waals surface area contributed by atoms with Crippen LogP contribution < -0.4 is 10.1 Å². The van der Waals surface area contributed by atoms with Crippen molar-refractivity contribution < 1.29 is 19.1 Å². The molecule has 3 aliphatic heterocycles. The molecule has 0 aliphatic carbocycles. The molecule has 0 saturated carbocycles. The van der Waals surface area contributed by atoms with Gasteiger partial charge in [-0.2, -0.15) is 0 Å². The number of benzene rings is 1. The predicted molar refractivity (Wildman–Crippen MR) is 103 cm³/mol. The molecule has 1 spiro atoms. The summed E-state index contributed by atoms with van der Waals surface area (Å²) in [6, 6.07) is 7.20. The Morgan fingerprint density at radius 2 is 1.86 bits per heavy atom. The van der Waals surface area contributed by atoms with E-state index in [1.807, 2.05) is 17.0 Å². The molecule has 1 aromatic rings. The molecule has 0 radical (unpaired) electrons. The maximum absolute atomic E-state index is 12.7. The van der Waals surface area contributed by atoms with Crippen LogP contribution in [0.4, 0.5) is 0 Å². The molecule has 3 heterocycles. The van der Waals surface area contributed by atoms with Crippen LogP contribution in [0, 0.1) is 0 Å². The van der Waals surface area contributed by atoms with E-state index >= 15 is 0 Å². The van der Waals surface area contributed by atoms with E-state index in [0.717, 1.165) is 25.9 Å². The zero-order valence-corrected chi connectivity index (χ0v) is 16.1. The SMILES string of the molecule is O=C1NCC2(CCC(=O)N(CC(=O)N3CCCCC3)CC2)Oc2ccccc21. The first kappa shape index (κ1) is 18.8. The number of carbonyl (C=O) groups is 3. The minimum Gasteiger partial charge on any atom is -0.485 e. The number of ether oxygens (including phenoxy) is 1. The van der Waals surface area contributed by atoms with Gasteiger partial charge in [0, 0.05) is 32.5 Å². The van der Waals surface area contributed by atoms with Crippen LogP contribution in [0.5, 0.6) is 5.75 Å². The number of piperidine rings is 1. The predicted octanol–water partition coefficient (Wildman–Crippen LogP) is 1.57. The summed E-state index contributed by atoms with van der Waals surface area (Å²) in [5.41, 5.74) is -0.104. The second kappa shape index (κ2) is 7.81. The highest BCUT2D eigenvalue weighted by Gasteiger charge is 2.40. The lowest BCUT2D eigenvalue weighted by Crippen LogP contribution is -2.47. The van der Waals surface area contributed by atoms with Crippen LogP contribution in [0.3, 0.4) is 0 Å². The van der Waals surface area contributed by atoms with Crippen molar-refractivity contribution in [3.05, 3.63) is 29.8 Å². The van der Waals surface area contributed by atoms with E-state index in [4.69, 9.17) is 4.74 Å². The fourth-order valence-electron chi connectivity index (χ4n) is 4.28. The van der Waals surface area contributed by atoms with Gasteiger partial charge in [0.1, 0.15) is 11.4 Å². The summed E-state index contributed by atoms with van der Waals surface area (Å²) in [5, 5.41) is 2.94. The molecule has 3 amide bonds. The van der Waals surface area contributed by atoms with E-state index < -0.39 is 5.60 Å². The highest BCUT2D eigenvalue weighted by molar-refractivity contribution is 5.97. The molecular formula is C21H27N3O4. The molecule has 1 aromatic carbocycles. The van der Waals surface area contributed by atoms with E-state index in [1.165, 1.54) is 6.42 Å². The largest absolute Gasteiger partial charge is 0.485 e. The molecule has 0 aromatic heterocycles. The summed E-state index contributed by atoms with van der Waals surface area (Å²) < 4.78 is 6.30. The highest BCUT2D eigenvalue weighted by Crippen LogP contribution is 2.33. The standard InChI is InChI=1S/C21H27N3O4/c25-18-8-9-21(15-22-20(27)16-6-2-3-7-17(16)28-21)10-13-24(18)14-19(26)23-11-4-1-5-12-23/h2-3,6-7H,1,4-5,8-15H2,(H,22,27). The number of fused-ring (bicyclic) bond motifs is 1. The third kappa shape index (κ3) is 3.84. The van der Waals surface area contributed by atoms with Crippen LogP contribution in [-0.2, 0) is 9.59 Å². The summed E-state index contributed by atoms with van der Waals surface area (Å²) in [7, 11) is 0. The van der Waals surface area contributed by atoms with E-state index in [-0.39, 0.29) is 24.3 Å². The Morgan fingerprint density at radius 3 is 2.68 bits per heavy atom. The van der Waals surface area contributed by atoms with Crippen molar-refractivity contribution in [1.82, 2.24) is 15.1 Å². The van der Waals surface area contributed by atoms with Crippen LogP contribution in [-0.4, -0.2) is 65.8 Å². The molecule has 4 rings (SSSR count). The molecule has 3 aliphatic rings. The Labute approximate surface area is 165 Å². The van der Waals surface area contributed by atoms with E-state index in [0.29, 0.717) is 43.7 Å². The Balaban J connectivity index is 1.46. The average molecular weight is 385 g/mol. The topological polar surface area (TPSA) is 79.0 Å². The van der Waals surface area contributed by atoms with Gasteiger partial charge in [-0.25, -0.2) is 0 Å². The van der Waals surface area contributed by atoms with Gasteiger partial charge in [0.05, 0.1) is 18.7 Å². The molecule has 2 fully saturated rings. The van der Waals surface area contributed by atoms with Crippen molar-refractivity contribution in [3.8, 4) is 5.75 Å². The van der Waals surface area contributed by atoms with Crippen molar-refractivity contribution in [2.45, 2.75) is 44.1 Å². The minimum absolute atomic E-state index is 0.0188. The van der Waals surface area contributed by atoms with Gasteiger partial charge in [-0.3, -0.25) is 14.4 Å². The van der Waals surface area contributed by atoms with Gasteiger partial charge in [-0.15, -0.1) is 0 Å². The lowest BCUT2D eigenvalue weighted by molar-refractivity contribution is -0.140. The monoisotopic (exact) mass is 385 g/mol. The van der Waals surface area contributed by atoms with Crippen molar-refractivity contribution in [3.63, 3.8) is 0 Å². The number of hydrogen-bond acceptors (Lipinski definition) is 4. The average Bonchev–Trinajstić information content (AvgIpc) is 2.96. The Hall–Kier alpha value is -2.57. The Morgan fingerprint density at radius 1 is 1.07 bits per heavy atom. The number of carbonyl (C=O) groups excluding carboxylic acids is 3. The molecule has 2 saturated heterocycles. The smallest absolute Gasteiger partial charge is 0.255 e. The summed E-state index contributed by atoms with van der Waals surface area (Å²) in [6.07, 6.45) is 4.66. The lowest BCUT2D eigenvalue weighted by Gasteiger charge is -2.32. The van der Waals surface area contributed by atoms with Crippen molar-refractivity contribution in [2.24, 2.45) is 0 Å². The fraction of sp³-hybridized carbons (Fsp3) is 0.571. The maximum Gasteiger partial charge on any atom is 0.255 e. The molecule has 1 unspecified atom stereocenters. The molecule has 7 nitrogen and oxygen atoms in total. The molecule has 1 atom stereocenters. The molecular weight excluding hydrogens is 358 g/mol. The van der Waals surface area contributed by atoms with Crippen LogP contribution in [0.25, 0.3) is 0 Å². The number of nitrogens with zero attached hydrogens (tertiary/aromatic N) is 2. The first-order valence-corrected chi connectivity index (χ1v) is 10.2. The quantitative estimate of drug-likeness (QED) is 0.838. The third-order valence-corrected chi connectivity index (χ3v) is 6.05. The van der Waals surface area contributed by atoms with Gasteiger partial charge in [0.25, 0.3) is 5.91 Å². The van der Waals surface area contributed by atoms with Crippen molar-refractivity contribution >= 4 is 17.7 Å². The molecule has 150 valence electrons. The number of nitrogens with one attached hydrogen (secondary N) is 1. The second-order valence-corrected chi connectivity index (χ2v) is 7.97. The number of para-hydroxylation sites is 1. The lowest BCUT2D eigenvalue weighted by atomic mass is 9.94. The highest BCUT2D eigenvalue weighted by atomic mass is 16.5. The fourth-order valence-corrected chi connectivity index (χ4v) is 4.28. The van der Waals surface area contributed by atoms with Gasteiger partial charge in [-0.05, 0) is 37.8 Å². The van der Waals surface area contributed by atoms with Crippen LogP contribution in [0.15, 0.2) is 24.3 Å². The minimum atomic E-state index is -0.624. The zero-order chi connectivity index (χ0) is 19.6. The van der Waals surface area contributed by atoms with Gasteiger partial charge in [0.15, 0.2) is 0 Å². The van der Waals surface area contributed by atoms with E-state index in [9.17, 15) is 14.4 Å². The number of hydrogen-bond donors (Lipinski definition) is 1. The normalized spacial score (nSPS) is 25.4. The summed E-state index contributed by atoms with van der Waals surface area (Å²) in [6.45, 7) is 2.53. The number of rotatable bonds is 2. The van der Waals surface area contributed by atoms with Gasteiger partial charge >= 0.3 is 0 Å². The van der Waals surface area contributed by atoms with E-state index in [1.54, 1.807) is 17.0 Å². The number of likely N-dealkylation sites (tertiary alicyclic amines) is 2. The molecule has 7 heteroatoms. The van der Waals surface area contributed by atoms with Crippen LogP contribution in [0.2, 0.25) is 0 Å².